The Kier molecular flexibility index (Phi) is 5.24. The van der Waals surface area contributed by atoms with Gasteiger partial charge in [-0.15, -0.1) is 0 Å². The average molecular weight is 397 g/mol. The number of hydrogen-bond donors (Lipinski definition) is 0. The molecule has 4 rings (SSSR count). The highest BCUT2D eigenvalue weighted by Gasteiger charge is 2.49. The van der Waals surface area contributed by atoms with Gasteiger partial charge in [0.1, 0.15) is 5.82 Å². The van der Waals surface area contributed by atoms with Gasteiger partial charge >= 0.3 is 0 Å². The van der Waals surface area contributed by atoms with Crippen molar-refractivity contribution < 1.29 is 9.59 Å². The van der Waals surface area contributed by atoms with Crippen LogP contribution in [0.3, 0.4) is 0 Å². The van der Waals surface area contributed by atoms with Gasteiger partial charge in [-0.2, -0.15) is 0 Å². The summed E-state index contributed by atoms with van der Waals surface area (Å²) in [5.74, 6) is 1.30. The lowest BCUT2D eigenvalue weighted by Crippen LogP contribution is -2.39. The number of rotatable bonds is 4. The SMILES string of the molecule is Cc1cccc(N2CCC3(CCCC(CC(=O)c4cccc(Cl)c4)C3)C2=O)n1. The molecule has 2 aromatic rings. The molecule has 0 radical (unpaired) electrons. The summed E-state index contributed by atoms with van der Waals surface area (Å²) in [6.45, 7) is 2.65. The summed E-state index contributed by atoms with van der Waals surface area (Å²) in [7, 11) is 0. The van der Waals surface area contributed by atoms with Gasteiger partial charge in [-0.25, -0.2) is 4.98 Å². The molecule has 2 heterocycles. The van der Waals surface area contributed by atoms with E-state index >= 15 is 0 Å². The van der Waals surface area contributed by atoms with Crippen molar-refractivity contribution in [2.75, 3.05) is 11.4 Å². The highest BCUT2D eigenvalue weighted by molar-refractivity contribution is 6.31. The van der Waals surface area contributed by atoms with E-state index in [2.05, 4.69) is 4.98 Å². The summed E-state index contributed by atoms with van der Waals surface area (Å²) < 4.78 is 0. The number of amides is 1. The summed E-state index contributed by atoms with van der Waals surface area (Å²) in [5.41, 5.74) is 1.25. The van der Waals surface area contributed by atoms with Crippen LogP contribution < -0.4 is 4.90 Å². The monoisotopic (exact) mass is 396 g/mol. The third-order valence-corrected chi connectivity index (χ3v) is 6.47. The molecule has 1 aliphatic heterocycles. The second kappa shape index (κ2) is 7.67. The van der Waals surface area contributed by atoms with Gasteiger partial charge in [-0.1, -0.05) is 36.2 Å². The number of nitrogens with zero attached hydrogens (tertiary/aromatic N) is 2. The van der Waals surface area contributed by atoms with Crippen molar-refractivity contribution in [3.8, 4) is 0 Å². The van der Waals surface area contributed by atoms with E-state index < -0.39 is 0 Å². The van der Waals surface area contributed by atoms with E-state index in [4.69, 9.17) is 11.6 Å². The van der Waals surface area contributed by atoms with Crippen LogP contribution in [0.2, 0.25) is 5.02 Å². The molecule has 2 atom stereocenters. The predicted octanol–water partition coefficient (Wildman–Crippen LogP) is 5.23. The fraction of sp³-hybridized carbons (Fsp3) is 0.435. The fourth-order valence-corrected chi connectivity index (χ4v) is 5.03. The molecule has 1 aromatic carbocycles. The zero-order chi connectivity index (χ0) is 19.7. The van der Waals surface area contributed by atoms with Crippen LogP contribution >= 0.6 is 11.6 Å². The first kappa shape index (κ1) is 19.1. The minimum absolute atomic E-state index is 0.118. The lowest BCUT2D eigenvalue weighted by molar-refractivity contribution is -0.128. The molecule has 28 heavy (non-hydrogen) atoms. The number of anilines is 1. The Morgan fingerprint density at radius 2 is 2.07 bits per heavy atom. The lowest BCUT2D eigenvalue weighted by Gasteiger charge is -2.36. The van der Waals surface area contributed by atoms with Crippen LogP contribution in [0.25, 0.3) is 0 Å². The third-order valence-electron chi connectivity index (χ3n) is 6.23. The molecule has 1 saturated heterocycles. The largest absolute Gasteiger partial charge is 0.296 e. The summed E-state index contributed by atoms with van der Waals surface area (Å²) in [6.07, 6.45) is 5.04. The van der Waals surface area contributed by atoms with Crippen LogP contribution in [0.15, 0.2) is 42.5 Å². The molecule has 146 valence electrons. The maximum Gasteiger partial charge on any atom is 0.234 e. The molecule has 2 aliphatic rings. The Bertz CT molecular complexity index is 913. The number of aryl methyl sites for hydroxylation is 1. The Hall–Kier alpha value is -2.20. The number of aromatic nitrogens is 1. The van der Waals surface area contributed by atoms with E-state index in [1.807, 2.05) is 42.2 Å². The molecule has 2 unspecified atom stereocenters. The molecule has 4 nitrogen and oxygen atoms in total. The standard InChI is InChI=1S/C23H25ClN2O2/c1-16-5-2-9-21(25-16)26-12-11-23(22(26)28)10-4-6-17(15-23)13-20(27)18-7-3-8-19(24)14-18/h2-3,5,7-9,14,17H,4,6,10-13,15H2,1H3. The Balaban J connectivity index is 1.47. The first-order valence-electron chi connectivity index (χ1n) is 10.0. The molecular weight excluding hydrogens is 372 g/mol. The maximum atomic E-state index is 13.3. The number of Topliss-reactive ketones (excluding diaryl/α,β-unsaturated/α-hetero) is 1. The van der Waals surface area contributed by atoms with Crippen molar-refractivity contribution in [2.24, 2.45) is 11.3 Å². The minimum atomic E-state index is -0.330. The van der Waals surface area contributed by atoms with Gasteiger partial charge < -0.3 is 0 Å². The fourth-order valence-electron chi connectivity index (χ4n) is 4.84. The highest BCUT2D eigenvalue weighted by Crippen LogP contribution is 2.48. The molecular formula is C23H25ClN2O2. The van der Waals surface area contributed by atoms with Crippen molar-refractivity contribution in [3.05, 3.63) is 58.7 Å². The van der Waals surface area contributed by atoms with E-state index in [9.17, 15) is 9.59 Å². The molecule has 0 N–H and O–H groups in total. The van der Waals surface area contributed by atoms with Crippen LogP contribution in [0.4, 0.5) is 5.82 Å². The molecule has 1 spiro atoms. The van der Waals surface area contributed by atoms with E-state index in [1.54, 1.807) is 12.1 Å². The lowest BCUT2D eigenvalue weighted by atomic mass is 9.67. The molecule has 5 heteroatoms. The van der Waals surface area contributed by atoms with Crippen LogP contribution in [-0.2, 0) is 4.79 Å². The van der Waals surface area contributed by atoms with Crippen molar-refractivity contribution in [1.29, 1.82) is 0 Å². The van der Waals surface area contributed by atoms with Crippen LogP contribution in [0, 0.1) is 18.3 Å². The molecule has 1 aliphatic carbocycles. The second-order valence-electron chi connectivity index (χ2n) is 8.22. The number of halogens is 1. The molecule has 0 bridgehead atoms. The number of benzene rings is 1. The van der Waals surface area contributed by atoms with Gasteiger partial charge in [0.05, 0.1) is 5.41 Å². The van der Waals surface area contributed by atoms with Gasteiger partial charge in [0.25, 0.3) is 0 Å². The number of carbonyl (C=O) groups is 2. The van der Waals surface area contributed by atoms with E-state index in [0.29, 0.717) is 23.6 Å². The second-order valence-corrected chi connectivity index (χ2v) is 8.66. The third kappa shape index (κ3) is 3.70. The number of hydrogen-bond acceptors (Lipinski definition) is 3. The maximum absolute atomic E-state index is 13.3. The van der Waals surface area contributed by atoms with Gasteiger partial charge in [-0.3, -0.25) is 14.5 Å². The van der Waals surface area contributed by atoms with Crippen LogP contribution in [0.5, 0.6) is 0 Å². The normalized spacial score (nSPS) is 24.7. The molecule has 1 saturated carbocycles. The van der Waals surface area contributed by atoms with Crippen LogP contribution in [-0.4, -0.2) is 23.2 Å². The number of pyridine rings is 1. The van der Waals surface area contributed by atoms with Gasteiger partial charge in [-0.05, 0) is 62.8 Å². The van der Waals surface area contributed by atoms with E-state index in [-0.39, 0.29) is 23.0 Å². The van der Waals surface area contributed by atoms with Crippen molar-refractivity contribution >= 4 is 29.1 Å². The van der Waals surface area contributed by atoms with E-state index in [1.165, 1.54) is 0 Å². The molecule has 1 aromatic heterocycles. The first-order valence-corrected chi connectivity index (χ1v) is 10.4. The number of ketones is 1. The number of carbonyl (C=O) groups excluding carboxylic acids is 2. The summed E-state index contributed by atoms with van der Waals surface area (Å²) in [6, 6.07) is 12.9. The topological polar surface area (TPSA) is 50.3 Å². The van der Waals surface area contributed by atoms with Crippen molar-refractivity contribution in [3.63, 3.8) is 0 Å². The summed E-state index contributed by atoms with van der Waals surface area (Å²) in [4.78, 5) is 32.4. The Morgan fingerprint density at radius 3 is 2.86 bits per heavy atom. The van der Waals surface area contributed by atoms with Crippen molar-refractivity contribution in [2.45, 2.75) is 45.4 Å². The minimum Gasteiger partial charge on any atom is -0.296 e. The average Bonchev–Trinajstić information content (AvgIpc) is 2.97. The van der Waals surface area contributed by atoms with Crippen molar-refractivity contribution in [1.82, 2.24) is 4.98 Å². The zero-order valence-electron chi connectivity index (χ0n) is 16.2. The summed E-state index contributed by atoms with van der Waals surface area (Å²) >= 11 is 6.03. The molecule has 2 fully saturated rings. The van der Waals surface area contributed by atoms with Gasteiger partial charge in [0.2, 0.25) is 5.91 Å². The predicted molar refractivity (Wildman–Crippen MR) is 111 cm³/mol. The van der Waals surface area contributed by atoms with E-state index in [0.717, 1.165) is 43.6 Å². The smallest absolute Gasteiger partial charge is 0.234 e. The highest BCUT2D eigenvalue weighted by atomic mass is 35.5. The van der Waals surface area contributed by atoms with Gasteiger partial charge in [0.15, 0.2) is 5.78 Å². The zero-order valence-corrected chi connectivity index (χ0v) is 16.9. The first-order chi connectivity index (χ1) is 13.5. The Labute approximate surface area is 170 Å². The molecule has 1 amide bonds. The van der Waals surface area contributed by atoms with Crippen LogP contribution in [0.1, 0.15) is 54.6 Å². The quantitative estimate of drug-likeness (QED) is 0.665. The van der Waals surface area contributed by atoms with Gasteiger partial charge in [0, 0.05) is 29.2 Å². The summed E-state index contributed by atoms with van der Waals surface area (Å²) in [5, 5.41) is 0.582. The Morgan fingerprint density at radius 1 is 1.25 bits per heavy atom.